The van der Waals surface area contributed by atoms with Crippen molar-refractivity contribution in [2.24, 2.45) is 0 Å². The van der Waals surface area contributed by atoms with Crippen molar-refractivity contribution in [2.45, 2.75) is 20.5 Å². The average Bonchev–Trinajstić information content (AvgIpc) is 2.96. The molecule has 3 aromatic rings. The molecule has 0 aliphatic heterocycles. The fraction of sp³-hybridized carbons (Fsp3) is 0.294. The molecule has 1 N–H and O–H groups in total. The van der Waals surface area contributed by atoms with Gasteiger partial charge in [0.2, 0.25) is 0 Å². The summed E-state index contributed by atoms with van der Waals surface area (Å²) in [6, 6.07) is 9.94. The summed E-state index contributed by atoms with van der Waals surface area (Å²) in [5, 5.41) is 14.6. The Hall–Kier alpha value is -2.40. The Kier molecular flexibility index (Phi) is 4.06. The molecule has 22 heavy (non-hydrogen) atoms. The molecule has 2 heterocycles. The topological polar surface area (TPSA) is 53.7 Å². The molecule has 0 amide bonds. The maximum atomic E-state index is 9.92. The fourth-order valence-electron chi connectivity index (χ4n) is 2.77. The number of aliphatic hydroxyl groups excluding tert-OH is 1. The Balaban J connectivity index is 2.27. The summed E-state index contributed by atoms with van der Waals surface area (Å²) >= 11 is 0. The van der Waals surface area contributed by atoms with Crippen molar-refractivity contribution in [1.82, 2.24) is 14.6 Å². The maximum Gasteiger partial charge on any atom is 0.155 e. The zero-order valence-electron chi connectivity index (χ0n) is 12.9. The molecule has 3 rings (SSSR count). The second-order valence-corrected chi connectivity index (χ2v) is 5.07. The van der Waals surface area contributed by atoms with Crippen LogP contribution in [0.15, 0.2) is 42.7 Å². The standard InChI is InChI=1S/C17H20N4O/c1-3-20(4-2)17-16-14(12-22)15(13-8-6-5-7-9-13)19-21(16)11-10-18-17/h5-11,22H,3-4,12H2,1-2H3. The first-order valence-corrected chi connectivity index (χ1v) is 7.57. The summed E-state index contributed by atoms with van der Waals surface area (Å²) < 4.78 is 1.81. The van der Waals surface area contributed by atoms with E-state index in [1.807, 2.05) is 41.0 Å². The van der Waals surface area contributed by atoms with Crippen LogP contribution in [-0.4, -0.2) is 32.8 Å². The molecule has 0 radical (unpaired) electrons. The highest BCUT2D eigenvalue weighted by atomic mass is 16.3. The molecule has 5 nitrogen and oxygen atoms in total. The molecule has 0 aliphatic rings. The molecular formula is C17H20N4O. The van der Waals surface area contributed by atoms with Crippen molar-refractivity contribution in [3.05, 3.63) is 48.3 Å². The van der Waals surface area contributed by atoms with Crippen LogP contribution in [-0.2, 0) is 6.61 Å². The number of benzene rings is 1. The third kappa shape index (κ3) is 2.33. The molecule has 0 unspecified atom stereocenters. The number of rotatable bonds is 5. The number of fused-ring (bicyclic) bond motifs is 1. The van der Waals surface area contributed by atoms with E-state index >= 15 is 0 Å². The molecule has 0 atom stereocenters. The predicted octanol–water partition coefficient (Wildman–Crippen LogP) is 2.73. The average molecular weight is 296 g/mol. The lowest BCUT2D eigenvalue weighted by atomic mass is 10.1. The van der Waals surface area contributed by atoms with Gasteiger partial charge in [-0.05, 0) is 13.8 Å². The summed E-state index contributed by atoms with van der Waals surface area (Å²) in [6.07, 6.45) is 3.58. The van der Waals surface area contributed by atoms with Gasteiger partial charge >= 0.3 is 0 Å². The lowest BCUT2D eigenvalue weighted by Gasteiger charge is -2.20. The van der Waals surface area contributed by atoms with Crippen LogP contribution < -0.4 is 4.90 Å². The van der Waals surface area contributed by atoms with Crippen LogP contribution in [0, 0.1) is 0 Å². The number of hydrogen-bond donors (Lipinski definition) is 1. The molecule has 0 saturated carbocycles. The molecule has 0 aliphatic carbocycles. The first-order valence-electron chi connectivity index (χ1n) is 7.57. The summed E-state index contributed by atoms with van der Waals surface area (Å²) in [4.78, 5) is 6.69. The SMILES string of the molecule is CCN(CC)c1nccn2nc(-c3ccccc3)c(CO)c12. The zero-order valence-corrected chi connectivity index (χ0v) is 12.9. The Morgan fingerprint density at radius 2 is 1.86 bits per heavy atom. The number of hydrogen-bond acceptors (Lipinski definition) is 4. The highest BCUT2D eigenvalue weighted by Crippen LogP contribution is 2.30. The Bertz CT molecular complexity index is 763. The second-order valence-electron chi connectivity index (χ2n) is 5.07. The highest BCUT2D eigenvalue weighted by Gasteiger charge is 2.19. The fourth-order valence-corrected chi connectivity index (χ4v) is 2.77. The van der Waals surface area contributed by atoms with Gasteiger partial charge in [-0.3, -0.25) is 0 Å². The Labute approximate surface area is 129 Å². The minimum atomic E-state index is -0.0618. The van der Waals surface area contributed by atoms with Crippen molar-refractivity contribution in [2.75, 3.05) is 18.0 Å². The predicted molar refractivity (Wildman–Crippen MR) is 87.9 cm³/mol. The lowest BCUT2D eigenvalue weighted by Crippen LogP contribution is -2.23. The number of aromatic nitrogens is 3. The Morgan fingerprint density at radius 3 is 2.50 bits per heavy atom. The van der Waals surface area contributed by atoms with Gasteiger partial charge in [-0.15, -0.1) is 0 Å². The van der Waals surface area contributed by atoms with Crippen LogP contribution >= 0.6 is 0 Å². The van der Waals surface area contributed by atoms with E-state index in [2.05, 4.69) is 28.8 Å². The summed E-state index contributed by atoms with van der Waals surface area (Å²) in [7, 11) is 0. The molecule has 0 spiro atoms. The highest BCUT2D eigenvalue weighted by molar-refractivity contribution is 5.81. The van der Waals surface area contributed by atoms with Gasteiger partial charge in [0.15, 0.2) is 5.82 Å². The van der Waals surface area contributed by atoms with Crippen LogP contribution in [0.3, 0.4) is 0 Å². The van der Waals surface area contributed by atoms with E-state index in [4.69, 9.17) is 0 Å². The van der Waals surface area contributed by atoms with Crippen LogP contribution in [0.2, 0.25) is 0 Å². The molecule has 5 heteroatoms. The van der Waals surface area contributed by atoms with Gasteiger partial charge in [-0.1, -0.05) is 30.3 Å². The maximum absolute atomic E-state index is 9.92. The zero-order chi connectivity index (χ0) is 15.5. The van der Waals surface area contributed by atoms with E-state index in [0.717, 1.165) is 41.2 Å². The molecule has 114 valence electrons. The number of aliphatic hydroxyl groups is 1. The van der Waals surface area contributed by atoms with Crippen LogP contribution in [0.25, 0.3) is 16.8 Å². The van der Waals surface area contributed by atoms with Gasteiger partial charge in [-0.25, -0.2) is 9.50 Å². The van der Waals surface area contributed by atoms with E-state index in [0.29, 0.717) is 0 Å². The van der Waals surface area contributed by atoms with Gasteiger partial charge in [0, 0.05) is 36.6 Å². The molecule has 0 fully saturated rings. The van der Waals surface area contributed by atoms with Crippen molar-refractivity contribution >= 4 is 11.3 Å². The lowest BCUT2D eigenvalue weighted by molar-refractivity contribution is 0.284. The van der Waals surface area contributed by atoms with Crippen molar-refractivity contribution < 1.29 is 5.11 Å². The van der Waals surface area contributed by atoms with Gasteiger partial charge in [0.25, 0.3) is 0 Å². The number of anilines is 1. The smallest absolute Gasteiger partial charge is 0.155 e. The van der Waals surface area contributed by atoms with Crippen molar-refractivity contribution in [3.8, 4) is 11.3 Å². The third-order valence-electron chi connectivity index (χ3n) is 3.89. The van der Waals surface area contributed by atoms with Gasteiger partial charge in [-0.2, -0.15) is 5.10 Å². The minimum absolute atomic E-state index is 0.0618. The monoisotopic (exact) mass is 296 g/mol. The summed E-state index contributed by atoms with van der Waals surface area (Å²) in [5.41, 5.74) is 3.51. The first-order chi connectivity index (χ1) is 10.8. The molecule has 0 bridgehead atoms. The normalized spacial score (nSPS) is 11.0. The van der Waals surface area contributed by atoms with Crippen LogP contribution in [0.1, 0.15) is 19.4 Å². The number of nitrogens with zero attached hydrogens (tertiary/aromatic N) is 4. The molecular weight excluding hydrogens is 276 g/mol. The second kappa shape index (κ2) is 6.15. The summed E-state index contributed by atoms with van der Waals surface area (Å²) in [5.74, 6) is 0.867. The van der Waals surface area contributed by atoms with Gasteiger partial charge in [0.05, 0.1) is 12.3 Å². The van der Waals surface area contributed by atoms with Gasteiger partial charge in [0.1, 0.15) is 5.52 Å². The quantitative estimate of drug-likeness (QED) is 0.786. The first kappa shape index (κ1) is 14.5. The summed E-state index contributed by atoms with van der Waals surface area (Å²) in [6.45, 7) is 5.86. The van der Waals surface area contributed by atoms with E-state index in [-0.39, 0.29) is 6.61 Å². The Morgan fingerprint density at radius 1 is 1.14 bits per heavy atom. The van der Waals surface area contributed by atoms with Gasteiger partial charge < -0.3 is 10.0 Å². The van der Waals surface area contributed by atoms with E-state index in [1.165, 1.54) is 0 Å². The van der Waals surface area contributed by atoms with Crippen molar-refractivity contribution in [3.63, 3.8) is 0 Å². The van der Waals surface area contributed by atoms with E-state index in [1.54, 1.807) is 6.20 Å². The largest absolute Gasteiger partial charge is 0.392 e. The van der Waals surface area contributed by atoms with Crippen LogP contribution in [0.5, 0.6) is 0 Å². The third-order valence-corrected chi connectivity index (χ3v) is 3.89. The van der Waals surface area contributed by atoms with E-state index < -0.39 is 0 Å². The molecule has 0 saturated heterocycles. The van der Waals surface area contributed by atoms with Crippen LogP contribution in [0.4, 0.5) is 5.82 Å². The minimum Gasteiger partial charge on any atom is -0.392 e. The molecule has 2 aromatic heterocycles. The van der Waals surface area contributed by atoms with Crippen molar-refractivity contribution in [1.29, 1.82) is 0 Å². The molecule has 1 aromatic carbocycles. The van der Waals surface area contributed by atoms with E-state index in [9.17, 15) is 5.11 Å².